The first-order valence-corrected chi connectivity index (χ1v) is 11.9. The minimum absolute atomic E-state index is 0.0214. The number of nitrogens with one attached hydrogen (secondary N) is 1. The summed E-state index contributed by atoms with van der Waals surface area (Å²) in [5.74, 6) is -1.49. The van der Waals surface area contributed by atoms with E-state index in [2.05, 4.69) is 5.32 Å². The van der Waals surface area contributed by atoms with Gasteiger partial charge in [0.15, 0.2) is 11.5 Å². The summed E-state index contributed by atoms with van der Waals surface area (Å²) in [7, 11) is 1.46. The third-order valence-corrected chi connectivity index (χ3v) is 6.83. The molecule has 0 spiro atoms. The molecule has 1 fully saturated rings. The third kappa shape index (κ3) is 4.78. The molecule has 35 heavy (non-hydrogen) atoms. The number of methoxy groups -OCH3 is 1. The molecule has 10 nitrogen and oxygen atoms in total. The van der Waals surface area contributed by atoms with Crippen molar-refractivity contribution in [2.45, 2.75) is 57.0 Å². The fraction of sp³-hybridized carbons (Fsp3) is 0.560. The molecule has 4 atom stereocenters. The number of rotatable bonds is 10. The van der Waals surface area contributed by atoms with Gasteiger partial charge in [-0.3, -0.25) is 14.4 Å². The number of Topliss-reactive ketones (excluding diaryl/α,β-unsaturated/α-hetero) is 1. The van der Waals surface area contributed by atoms with Gasteiger partial charge in [-0.2, -0.15) is 0 Å². The number of fused-ring (bicyclic) bond motifs is 3. The van der Waals surface area contributed by atoms with E-state index in [-0.39, 0.29) is 37.7 Å². The Morgan fingerprint density at radius 3 is 2.57 bits per heavy atom. The standard InChI is InChI=1S/C25H32N2O8/c1-3-18(30)25(33)27(11-13-4-5-13)17-10-16(24(32)26-6-7-28)20-15-8-14(12-29)9-19(34-2)22(15)35-23(20)21(17)31/h8-10,13,17,20-21,23,28-29,31H,3-7,11-12H2,1-2H3,(H,26,32)/t17-,20+,21+,23+/m1/s1. The van der Waals surface area contributed by atoms with Crippen LogP contribution >= 0.6 is 0 Å². The lowest BCUT2D eigenvalue weighted by molar-refractivity contribution is -0.148. The van der Waals surface area contributed by atoms with E-state index in [1.54, 1.807) is 19.1 Å². The predicted molar refractivity (Wildman–Crippen MR) is 124 cm³/mol. The number of nitrogens with zero attached hydrogens (tertiary/aromatic N) is 1. The maximum absolute atomic E-state index is 13.2. The fourth-order valence-electron chi connectivity index (χ4n) is 4.85. The van der Waals surface area contributed by atoms with E-state index < -0.39 is 41.8 Å². The summed E-state index contributed by atoms with van der Waals surface area (Å²) in [6.45, 7) is 1.41. The van der Waals surface area contributed by atoms with Crippen molar-refractivity contribution in [3.8, 4) is 11.5 Å². The van der Waals surface area contributed by atoms with Crippen LogP contribution in [0.2, 0.25) is 0 Å². The zero-order valence-corrected chi connectivity index (χ0v) is 19.9. The first-order chi connectivity index (χ1) is 16.8. The summed E-state index contributed by atoms with van der Waals surface area (Å²) < 4.78 is 11.6. The molecule has 1 aromatic rings. The molecule has 3 aliphatic rings. The number of ether oxygens (including phenoxy) is 2. The highest BCUT2D eigenvalue weighted by atomic mass is 16.5. The Bertz CT molecular complexity index is 1030. The second kappa shape index (κ2) is 10.3. The number of ketones is 1. The van der Waals surface area contributed by atoms with Crippen molar-refractivity contribution in [1.29, 1.82) is 0 Å². The zero-order valence-electron chi connectivity index (χ0n) is 19.9. The van der Waals surface area contributed by atoms with Crippen molar-refractivity contribution in [2.24, 2.45) is 5.92 Å². The minimum atomic E-state index is -1.23. The molecular weight excluding hydrogens is 456 g/mol. The van der Waals surface area contributed by atoms with Crippen LogP contribution in [0, 0.1) is 5.92 Å². The van der Waals surface area contributed by atoms with Gasteiger partial charge in [-0.25, -0.2) is 0 Å². The summed E-state index contributed by atoms with van der Waals surface area (Å²) in [5, 5.41) is 33.0. The van der Waals surface area contributed by atoms with Crippen LogP contribution < -0.4 is 14.8 Å². The lowest BCUT2D eigenvalue weighted by atomic mass is 9.77. The normalized spacial score (nSPS) is 24.5. The molecule has 1 heterocycles. The predicted octanol–water partition coefficient (Wildman–Crippen LogP) is 0.0278. The van der Waals surface area contributed by atoms with Gasteiger partial charge in [0, 0.05) is 30.6 Å². The van der Waals surface area contributed by atoms with Crippen molar-refractivity contribution in [1.82, 2.24) is 10.2 Å². The van der Waals surface area contributed by atoms with Gasteiger partial charge in [0.05, 0.1) is 32.3 Å². The monoisotopic (exact) mass is 488 g/mol. The Morgan fingerprint density at radius 2 is 1.97 bits per heavy atom. The van der Waals surface area contributed by atoms with Gasteiger partial charge in [0.1, 0.15) is 12.2 Å². The van der Waals surface area contributed by atoms with Crippen LogP contribution in [0.15, 0.2) is 23.8 Å². The van der Waals surface area contributed by atoms with Gasteiger partial charge in [-0.1, -0.05) is 6.92 Å². The molecule has 10 heteroatoms. The van der Waals surface area contributed by atoms with E-state index in [0.29, 0.717) is 29.2 Å². The summed E-state index contributed by atoms with van der Waals surface area (Å²) >= 11 is 0. The molecule has 1 saturated carbocycles. The van der Waals surface area contributed by atoms with Gasteiger partial charge in [-0.05, 0) is 42.5 Å². The SMILES string of the molecule is CCC(=O)C(=O)N(CC1CC1)[C@@H]1C=C(C(=O)NCCO)[C@@H]2c3cc(CO)cc(OC)c3O[C@@H]2[C@H]1O. The second-order valence-corrected chi connectivity index (χ2v) is 9.20. The maximum atomic E-state index is 13.2. The number of amides is 2. The Hall–Kier alpha value is -2.95. The molecule has 2 amide bonds. The number of carbonyl (C=O) groups excluding carboxylic acids is 3. The number of hydrogen-bond acceptors (Lipinski definition) is 8. The lowest BCUT2D eigenvalue weighted by Crippen LogP contribution is -2.57. The van der Waals surface area contributed by atoms with Crippen molar-refractivity contribution in [3.63, 3.8) is 0 Å². The molecule has 0 bridgehead atoms. The van der Waals surface area contributed by atoms with Crippen LogP contribution in [0.5, 0.6) is 11.5 Å². The molecule has 1 aromatic carbocycles. The van der Waals surface area contributed by atoms with Gasteiger partial charge in [-0.15, -0.1) is 0 Å². The van der Waals surface area contributed by atoms with Gasteiger partial charge in [0.25, 0.3) is 5.91 Å². The molecule has 0 radical (unpaired) electrons. The Kier molecular flexibility index (Phi) is 7.44. The van der Waals surface area contributed by atoms with Crippen LogP contribution in [0.25, 0.3) is 0 Å². The highest BCUT2D eigenvalue weighted by Crippen LogP contribution is 2.51. The lowest BCUT2D eigenvalue weighted by Gasteiger charge is -2.40. The maximum Gasteiger partial charge on any atom is 0.290 e. The number of aliphatic hydroxyl groups is 3. The van der Waals surface area contributed by atoms with Crippen LogP contribution in [0.4, 0.5) is 0 Å². The third-order valence-electron chi connectivity index (χ3n) is 6.83. The molecule has 4 N–H and O–H groups in total. The van der Waals surface area contributed by atoms with Crippen LogP contribution in [-0.4, -0.2) is 82.9 Å². The quantitative estimate of drug-likeness (QED) is 0.338. The van der Waals surface area contributed by atoms with Crippen molar-refractivity contribution >= 4 is 17.6 Å². The average Bonchev–Trinajstić information content (AvgIpc) is 3.62. The van der Waals surface area contributed by atoms with E-state index in [0.717, 1.165) is 12.8 Å². The van der Waals surface area contributed by atoms with E-state index >= 15 is 0 Å². The van der Waals surface area contributed by atoms with Gasteiger partial charge >= 0.3 is 0 Å². The molecule has 4 rings (SSSR count). The molecule has 0 unspecified atom stereocenters. The molecule has 1 aliphatic heterocycles. The van der Waals surface area contributed by atoms with Crippen molar-refractivity contribution in [2.75, 3.05) is 26.8 Å². The summed E-state index contributed by atoms with van der Waals surface area (Å²) in [4.78, 5) is 40.0. The Labute approximate surface area is 203 Å². The largest absolute Gasteiger partial charge is 0.493 e. The first-order valence-electron chi connectivity index (χ1n) is 11.9. The molecule has 190 valence electrons. The number of hydrogen-bond donors (Lipinski definition) is 4. The van der Waals surface area contributed by atoms with Gasteiger partial charge in [0.2, 0.25) is 11.7 Å². The average molecular weight is 489 g/mol. The smallest absolute Gasteiger partial charge is 0.290 e. The summed E-state index contributed by atoms with van der Waals surface area (Å²) in [6.07, 6.45) is 1.27. The van der Waals surface area contributed by atoms with Crippen molar-refractivity contribution < 1.29 is 39.2 Å². The highest BCUT2D eigenvalue weighted by Gasteiger charge is 2.52. The number of carbonyl (C=O) groups is 3. The minimum Gasteiger partial charge on any atom is -0.493 e. The number of aliphatic hydroxyl groups excluding tert-OH is 3. The van der Waals surface area contributed by atoms with E-state index in [9.17, 15) is 29.7 Å². The van der Waals surface area contributed by atoms with E-state index in [1.165, 1.54) is 18.1 Å². The second-order valence-electron chi connectivity index (χ2n) is 9.20. The molecule has 0 saturated heterocycles. The Morgan fingerprint density at radius 1 is 1.23 bits per heavy atom. The molecule has 2 aliphatic carbocycles. The Balaban J connectivity index is 1.80. The number of benzene rings is 1. The summed E-state index contributed by atoms with van der Waals surface area (Å²) in [5.41, 5.74) is 1.38. The first kappa shape index (κ1) is 25.2. The highest BCUT2D eigenvalue weighted by molar-refractivity contribution is 6.36. The molecule has 0 aromatic heterocycles. The fourth-order valence-corrected chi connectivity index (χ4v) is 4.85. The summed E-state index contributed by atoms with van der Waals surface area (Å²) in [6, 6.07) is 2.38. The topological polar surface area (TPSA) is 146 Å². The molecular formula is C25H32N2O8. The van der Waals surface area contributed by atoms with Gasteiger partial charge < -0.3 is 35.0 Å². The van der Waals surface area contributed by atoms with Crippen molar-refractivity contribution in [3.05, 3.63) is 34.9 Å². The zero-order chi connectivity index (χ0) is 25.3. The van der Waals surface area contributed by atoms with Crippen LogP contribution in [0.1, 0.15) is 43.2 Å². The van der Waals surface area contributed by atoms with Crippen LogP contribution in [0.3, 0.4) is 0 Å². The van der Waals surface area contributed by atoms with Crippen LogP contribution in [-0.2, 0) is 21.0 Å². The van der Waals surface area contributed by atoms with E-state index in [4.69, 9.17) is 9.47 Å². The van der Waals surface area contributed by atoms with E-state index in [1.807, 2.05) is 0 Å².